The highest BCUT2D eigenvalue weighted by Crippen LogP contribution is 2.55. The maximum absolute atomic E-state index is 12.6. The summed E-state index contributed by atoms with van der Waals surface area (Å²) >= 11 is 1.54. The Balaban J connectivity index is 1.73. The van der Waals surface area contributed by atoms with Gasteiger partial charge in [0.2, 0.25) is 0 Å². The molecule has 1 heterocycles. The Hall–Kier alpha value is -2.19. The largest absolute Gasteiger partial charge is 0.491 e. The van der Waals surface area contributed by atoms with E-state index < -0.39 is 18.7 Å². The van der Waals surface area contributed by atoms with Gasteiger partial charge in [-0.1, -0.05) is 64.0 Å². The van der Waals surface area contributed by atoms with Gasteiger partial charge in [0.1, 0.15) is 28.6 Å². The van der Waals surface area contributed by atoms with Gasteiger partial charge in [-0.15, -0.1) is 11.8 Å². The first-order valence-electron chi connectivity index (χ1n) is 15.5. The molecular formula is C35H52O7SSi. The highest BCUT2D eigenvalue weighted by atomic mass is 32.2. The first kappa shape index (κ1) is 36.3. The molecule has 44 heavy (non-hydrogen) atoms. The minimum absolute atomic E-state index is 0.124. The SMILES string of the molecule is COCOc1ccc(C2(SC)COc3cc(OCOC)ccc3C2(O)C#CCCCCCCCO[Si](C)(C)C(C)(C)C)cc1. The van der Waals surface area contributed by atoms with Crippen LogP contribution in [-0.2, 0) is 24.2 Å². The Morgan fingerprint density at radius 3 is 2.16 bits per heavy atom. The van der Waals surface area contributed by atoms with E-state index >= 15 is 0 Å². The quantitative estimate of drug-likeness (QED) is 0.0857. The summed E-state index contributed by atoms with van der Waals surface area (Å²) in [5.74, 6) is 8.51. The molecule has 1 aliphatic rings. The number of ether oxygens (including phenoxy) is 5. The Kier molecular flexibility index (Phi) is 13.5. The number of hydrogen-bond acceptors (Lipinski definition) is 8. The Morgan fingerprint density at radius 2 is 1.52 bits per heavy atom. The van der Waals surface area contributed by atoms with Gasteiger partial charge in [0, 0.05) is 38.9 Å². The van der Waals surface area contributed by atoms with E-state index in [9.17, 15) is 5.11 Å². The lowest BCUT2D eigenvalue weighted by Gasteiger charge is -2.47. The zero-order chi connectivity index (χ0) is 32.3. The van der Waals surface area contributed by atoms with Gasteiger partial charge in [-0.3, -0.25) is 0 Å². The smallest absolute Gasteiger partial charge is 0.191 e. The maximum Gasteiger partial charge on any atom is 0.191 e. The van der Waals surface area contributed by atoms with Crippen molar-refractivity contribution >= 4 is 20.1 Å². The molecule has 1 aliphatic heterocycles. The van der Waals surface area contributed by atoms with Crippen molar-refractivity contribution in [3.05, 3.63) is 53.6 Å². The number of benzene rings is 2. The third kappa shape index (κ3) is 8.74. The van der Waals surface area contributed by atoms with E-state index in [0.29, 0.717) is 29.2 Å². The van der Waals surface area contributed by atoms with E-state index in [0.717, 1.165) is 44.3 Å². The normalized spacial score (nSPS) is 19.8. The van der Waals surface area contributed by atoms with Crippen molar-refractivity contribution in [2.45, 2.75) is 87.8 Å². The standard InChI is InChI=1S/C35H52O7SSi/c1-33(2,3)44(7,8)42-23-15-13-11-9-10-12-14-22-34(36)31-21-20-30(41-27-38-5)24-32(31)39-25-35(34,43-6)28-16-18-29(19-17-28)40-26-37-4/h16-21,24,36H,9-13,15,23,25-27H2,1-8H3. The molecule has 2 aromatic carbocycles. The molecule has 2 atom stereocenters. The molecule has 3 rings (SSSR count). The molecule has 9 heteroatoms. The average Bonchev–Trinajstić information content (AvgIpc) is 3.00. The second-order valence-electron chi connectivity index (χ2n) is 12.7. The number of methoxy groups -OCH3 is 2. The second-order valence-corrected chi connectivity index (χ2v) is 18.7. The van der Waals surface area contributed by atoms with Crippen LogP contribution >= 0.6 is 11.8 Å². The summed E-state index contributed by atoms with van der Waals surface area (Å²) in [5, 5.41) is 12.8. The zero-order valence-electron chi connectivity index (χ0n) is 27.9. The van der Waals surface area contributed by atoms with Crippen LogP contribution in [0.15, 0.2) is 42.5 Å². The van der Waals surface area contributed by atoms with Gasteiger partial charge < -0.3 is 33.2 Å². The van der Waals surface area contributed by atoms with E-state index in [2.05, 4.69) is 45.7 Å². The molecule has 244 valence electrons. The van der Waals surface area contributed by atoms with E-state index in [1.807, 2.05) is 42.7 Å². The van der Waals surface area contributed by atoms with Crippen LogP contribution in [0.5, 0.6) is 17.2 Å². The van der Waals surface area contributed by atoms with E-state index in [4.69, 9.17) is 28.1 Å². The maximum atomic E-state index is 12.6. The summed E-state index contributed by atoms with van der Waals surface area (Å²) in [6, 6.07) is 13.2. The molecule has 0 radical (unpaired) electrons. The van der Waals surface area contributed by atoms with Crippen LogP contribution in [0.4, 0.5) is 0 Å². The Morgan fingerprint density at radius 1 is 0.909 bits per heavy atom. The van der Waals surface area contributed by atoms with Crippen LogP contribution in [0, 0.1) is 11.8 Å². The van der Waals surface area contributed by atoms with Crippen molar-refractivity contribution in [3.63, 3.8) is 0 Å². The Labute approximate surface area is 270 Å². The van der Waals surface area contributed by atoms with Crippen LogP contribution in [0.25, 0.3) is 0 Å². The van der Waals surface area contributed by atoms with Gasteiger partial charge in [0.25, 0.3) is 0 Å². The number of fused-ring (bicyclic) bond motifs is 1. The molecule has 0 saturated heterocycles. The van der Waals surface area contributed by atoms with Crippen molar-refractivity contribution in [2.75, 3.05) is 47.3 Å². The second kappa shape index (κ2) is 16.4. The summed E-state index contributed by atoms with van der Waals surface area (Å²) in [4.78, 5) is 0. The summed E-state index contributed by atoms with van der Waals surface area (Å²) in [6.07, 6.45) is 8.19. The molecule has 0 aliphatic carbocycles. The van der Waals surface area contributed by atoms with Gasteiger partial charge in [-0.2, -0.15) is 0 Å². The lowest BCUT2D eigenvalue weighted by molar-refractivity contribution is 0.00862. The van der Waals surface area contributed by atoms with Crippen LogP contribution < -0.4 is 14.2 Å². The lowest BCUT2D eigenvalue weighted by Crippen LogP contribution is -2.53. The van der Waals surface area contributed by atoms with Gasteiger partial charge in [0.15, 0.2) is 27.5 Å². The number of rotatable bonds is 16. The first-order chi connectivity index (χ1) is 20.9. The van der Waals surface area contributed by atoms with E-state index in [1.165, 1.54) is 11.8 Å². The molecule has 0 aromatic heterocycles. The summed E-state index contributed by atoms with van der Waals surface area (Å²) in [5.41, 5.74) is 0.0177. The average molecular weight is 645 g/mol. The monoisotopic (exact) mass is 644 g/mol. The molecule has 1 N–H and O–H groups in total. The van der Waals surface area contributed by atoms with Crippen molar-refractivity contribution < 1.29 is 33.2 Å². The van der Waals surface area contributed by atoms with Gasteiger partial charge in [-0.05, 0) is 67.1 Å². The number of unbranched alkanes of at least 4 members (excludes halogenated alkanes) is 5. The van der Waals surface area contributed by atoms with E-state index in [1.54, 1.807) is 20.3 Å². The van der Waals surface area contributed by atoms with Gasteiger partial charge in [0.05, 0.1) is 0 Å². The van der Waals surface area contributed by atoms with Crippen molar-refractivity contribution in [2.24, 2.45) is 0 Å². The predicted octanol–water partition coefficient (Wildman–Crippen LogP) is 7.86. The first-order valence-corrected chi connectivity index (χ1v) is 19.6. The topological polar surface area (TPSA) is 75.6 Å². The fourth-order valence-corrected chi connectivity index (χ4v) is 7.04. The van der Waals surface area contributed by atoms with Crippen LogP contribution in [0.1, 0.15) is 70.4 Å². The summed E-state index contributed by atoms with van der Waals surface area (Å²) in [7, 11) is 1.49. The van der Waals surface area contributed by atoms with Crippen molar-refractivity contribution in [1.82, 2.24) is 0 Å². The van der Waals surface area contributed by atoms with Crippen molar-refractivity contribution in [1.29, 1.82) is 0 Å². The molecule has 0 spiro atoms. The highest BCUT2D eigenvalue weighted by Gasteiger charge is 2.56. The van der Waals surface area contributed by atoms with Crippen LogP contribution in [-0.4, -0.2) is 60.7 Å². The van der Waals surface area contributed by atoms with Gasteiger partial charge in [-0.25, -0.2) is 0 Å². The minimum Gasteiger partial charge on any atom is -0.491 e. The molecule has 2 unspecified atom stereocenters. The molecule has 0 bridgehead atoms. The van der Waals surface area contributed by atoms with Crippen LogP contribution in [0.3, 0.4) is 0 Å². The molecule has 0 saturated carbocycles. The molecular weight excluding hydrogens is 593 g/mol. The molecule has 2 aromatic rings. The highest BCUT2D eigenvalue weighted by molar-refractivity contribution is 7.99. The molecule has 7 nitrogen and oxygen atoms in total. The number of hydrogen-bond donors (Lipinski definition) is 1. The fraction of sp³-hybridized carbons (Fsp3) is 0.600. The number of thioether (sulfide) groups is 1. The van der Waals surface area contributed by atoms with Crippen LogP contribution in [0.2, 0.25) is 18.1 Å². The fourth-order valence-electron chi connectivity index (χ4n) is 4.95. The van der Waals surface area contributed by atoms with E-state index in [-0.39, 0.29) is 25.2 Å². The molecule has 0 amide bonds. The lowest BCUT2D eigenvalue weighted by atomic mass is 9.75. The molecule has 0 fully saturated rings. The third-order valence-corrected chi connectivity index (χ3v) is 14.6. The van der Waals surface area contributed by atoms with Crippen molar-refractivity contribution in [3.8, 4) is 29.1 Å². The summed E-state index contributed by atoms with van der Waals surface area (Å²) < 4.78 is 33.1. The zero-order valence-corrected chi connectivity index (χ0v) is 29.7. The third-order valence-electron chi connectivity index (χ3n) is 8.70. The van der Waals surface area contributed by atoms with Gasteiger partial charge >= 0.3 is 0 Å². The Bertz CT molecular complexity index is 1230. The number of aliphatic hydroxyl groups is 1. The predicted molar refractivity (Wildman–Crippen MR) is 181 cm³/mol. The summed E-state index contributed by atoms with van der Waals surface area (Å²) in [6.45, 7) is 12.8. The minimum atomic E-state index is -1.67.